The van der Waals surface area contributed by atoms with Crippen molar-refractivity contribution in [3.63, 3.8) is 0 Å². The van der Waals surface area contributed by atoms with Gasteiger partial charge >= 0.3 is 11.9 Å². The van der Waals surface area contributed by atoms with Crippen LogP contribution >= 0.6 is 22.7 Å². The minimum atomic E-state index is -4.28. The molecule has 1 unspecified atom stereocenters. The fraction of sp³-hybridized carbons (Fsp3) is 0.444. The fourth-order valence-corrected chi connectivity index (χ4v) is 8.12. The number of halogens is 1. The van der Waals surface area contributed by atoms with Crippen molar-refractivity contribution in [2.75, 3.05) is 30.0 Å². The number of rotatable bonds is 10. The van der Waals surface area contributed by atoms with Crippen LogP contribution in [0.15, 0.2) is 23.2 Å². The van der Waals surface area contributed by atoms with Crippen LogP contribution in [-0.2, 0) is 53.1 Å². The van der Waals surface area contributed by atoms with Gasteiger partial charge in [0.2, 0.25) is 5.91 Å². The van der Waals surface area contributed by atoms with Crippen LogP contribution in [0.5, 0.6) is 0 Å². The number of carbonyl (C=O) groups excluding carboxylic acids is 4. The van der Waals surface area contributed by atoms with Crippen LogP contribution < -0.4 is 10.1 Å². The molecule has 42 heavy (non-hydrogen) atoms. The highest BCUT2D eigenvalue weighted by Gasteiger charge is 2.30. The average molecular weight is 640 g/mol. The molecule has 3 aromatic rings. The van der Waals surface area contributed by atoms with Gasteiger partial charge in [-0.2, -0.15) is 4.99 Å². The van der Waals surface area contributed by atoms with Gasteiger partial charge in [-0.05, 0) is 62.8 Å². The molecule has 1 atom stereocenters. The molecular weight excluding hydrogens is 610 g/mol. The van der Waals surface area contributed by atoms with Gasteiger partial charge in [-0.15, -0.1) is 11.3 Å². The number of benzene rings is 1. The first kappa shape index (κ1) is 31.5. The van der Waals surface area contributed by atoms with Crippen LogP contribution in [0, 0.1) is 11.7 Å². The molecule has 15 heteroatoms. The lowest BCUT2D eigenvalue weighted by Crippen LogP contribution is -2.29. The minimum Gasteiger partial charge on any atom is -0.465 e. The number of fused-ring (bicyclic) bond motifs is 2. The van der Waals surface area contributed by atoms with Crippen molar-refractivity contribution < 1.29 is 41.5 Å². The predicted molar refractivity (Wildman–Crippen MR) is 156 cm³/mol. The Bertz CT molecular complexity index is 1720. The number of nitrogens with one attached hydrogen (secondary N) is 1. The Labute approximate surface area is 249 Å². The summed E-state index contributed by atoms with van der Waals surface area (Å²) < 4.78 is 51.2. The van der Waals surface area contributed by atoms with E-state index in [1.165, 1.54) is 34.1 Å². The quantitative estimate of drug-likeness (QED) is 0.332. The number of thiophene rings is 1. The van der Waals surface area contributed by atoms with Crippen LogP contribution in [0.2, 0.25) is 0 Å². The van der Waals surface area contributed by atoms with Gasteiger partial charge in [0.05, 0.1) is 29.0 Å². The molecule has 1 aliphatic carbocycles. The van der Waals surface area contributed by atoms with Gasteiger partial charge < -0.3 is 19.4 Å². The van der Waals surface area contributed by atoms with Crippen molar-refractivity contribution in [3.8, 4) is 0 Å². The Balaban J connectivity index is 1.53. The van der Waals surface area contributed by atoms with Crippen LogP contribution in [0.4, 0.5) is 9.39 Å². The van der Waals surface area contributed by atoms with Crippen molar-refractivity contribution in [3.05, 3.63) is 44.8 Å². The lowest BCUT2D eigenvalue weighted by molar-refractivity contribution is -0.143. The normalized spacial score (nSPS) is 15.3. The summed E-state index contributed by atoms with van der Waals surface area (Å²) in [5.74, 6) is -5.41. The first-order chi connectivity index (χ1) is 19.9. The third-order valence-electron chi connectivity index (χ3n) is 6.40. The third kappa shape index (κ3) is 7.50. The summed E-state index contributed by atoms with van der Waals surface area (Å²) in [4.78, 5) is 55.1. The molecule has 0 saturated carbocycles. The molecule has 2 aromatic heterocycles. The van der Waals surface area contributed by atoms with Gasteiger partial charge in [0.1, 0.15) is 28.9 Å². The molecular formula is C27H30FN3O8S3. The van der Waals surface area contributed by atoms with Gasteiger partial charge in [-0.1, -0.05) is 18.3 Å². The third-order valence-corrected chi connectivity index (χ3v) is 10.00. The Morgan fingerprint density at radius 3 is 2.57 bits per heavy atom. The number of sulfone groups is 1. The largest absolute Gasteiger partial charge is 0.465 e. The van der Waals surface area contributed by atoms with Crippen molar-refractivity contribution in [1.82, 2.24) is 4.57 Å². The molecule has 0 radical (unpaired) electrons. The van der Waals surface area contributed by atoms with Crippen molar-refractivity contribution in [2.45, 2.75) is 46.6 Å². The number of nitrogens with zero attached hydrogens (tertiary/aromatic N) is 2. The Hall–Kier alpha value is -3.43. The fourth-order valence-electron chi connectivity index (χ4n) is 4.62. The number of ether oxygens (including phenoxy) is 2. The summed E-state index contributed by atoms with van der Waals surface area (Å²) in [6, 6.07) is 3.81. The van der Waals surface area contributed by atoms with E-state index in [0.29, 0.717) is 22.6 Å². The Morgan fingerprint density at radius 1 is 1.12 bits per heavy atom. The predicted octanol–water partition coefficient (Wildman–Crippen LogP) is 3.25. The first-order valence-electron chi connectivity index (χ1n) is 13.2. The maximum atomic E-state index is 13.8. The van der Waals surface area contributed by atoms with Gasteiger partial charge in [0.25, 0.3) is 5.91 Å². The maximum absolute atomic E-state index is 13.8. The number of hydrogen-bond donors (Lipinski definition) is 1. The highest BCUT2D eigenvalue weighted by Crippen LogP contribution is 2.40. The lowest BCUT2D eigenvalue weighted by Gasteiger charge is -2.18. The topological polar surface area (TPSA) is 150 Å². The summed E-state index contributed by atoms with van der Waals surface area (Å²) in [5, 5.41) is 2.76. The number of amides is 2. The Kier molecular flexibility index (Phi) is 9.94. The minimum absolute atomic E-state index is 0.0224. The van der Waals surface area contributed by atoms with E-state index in [0.717, 1.165) is 34.6 Å². The van der Waals surface area contributed by atoms with Gasteiger partial charge in [-0.3, -0.25) is 14.4 Å². The molecule has 1 aliphatic rings. The summed E-state index contributed by atoms with van der Waals surface area (Å²) in [6.07, 6.45) is 2.25. The summed E-state index contributed by atoms with van der Waals surface area (Å²) in [5.41, 5.74) is 1.46. The van der Waals surface area contributed by atoms with Crippen molar-refractivity contribution in [2.24, 2.45) is 10.9 Å². The zero-order valence-corrected chi connectivity index (χ0v) is 25.7. The van der Waals surface area contributed by atoms with E-state index in [2.05, 4.69) is 17.2 Å². The number of aromatic nitrogens is 1. The molecule has 1 N–H and O–H groups in total. The van der Waals surface area contributed by atoms with Gasteiger partial charge in [-0.25, -0.2) is 17.6 Å². The van der Waals surface area contributed by atoms with Crippen LogP contribution in [0.1, 0.15) is 48.0 Å². The number of carbonyl (C=O) groups is 4. The highest BCUT2D eigenvalue weighted by atomic mass is 32.2. The van der Waals surface area contributed by atoms with Gasteiger partial charge in [0.15, 0.2) is 14.6 Å². The molecule has 0 fully saturated rings. The average Bonchev–Trinajstić information content (AvgIpc) is 3.39. The zero-order chi connectivity index (χ0) is 30.6. The second kappa shape index (κ2) is 13.3. The van der Waals surface area contributed by atoms with E-state index in [4.69, 9.17) is 9.47 Å². The van der Waals surface area contributed by atoms with E-state index < -0.39 is 50.9 Å². The molecule has 2 amide bonds. The maximum Gasteiger partial charge on any atom is 0.341 e. The SMILES string of the molecule is CCOC(=O)Cn1c(=NC(=O)CS(=O)(=O)CC(=O)Nc2sc3c(c2C(=O)OCC)CCC(C)C3)sc2cc(F)ccc21. The number of anilines is 1. The molecule has 0 bridgehead atoms. The number of thiazole rings is 1. The van der Waals surface area contributed by atoms with E-state index in [9.17, 15) is 32.0 Å². The number of esters is 2. The monoisotopic (exact) mass is 639 g/mol. The van der Waals surface area contributed by atoms with Crippen LogP contribution in [-0.4, -0.2) is 61.5 Å². The second-order valence-electron chi connectivity index (χ2n) is 9.75. The second-order valence-corrected chi connectivity index (χ2v) is 13.9. The molecule has 11 nitrogen and oxygen atoms in total. The molecule has 2 heterocycles. The lowest BCUT2D eigenvalue weighted by atomic mass is 9.88. The molecule has 0 spiro atoms. The van der Waals surface area contributed by atoms with Crippen molar-refractivity contribution >= 4 is 71.5 Å². The van der Waals surface area contributed by atoms with E-state index in [-0.39, 0.29) is 35.1 Å². The number of hydrogen-bond acceptors (Lipinski definition) is 10. The van der Waals surface area contributed by atoms with Crippen LogP contribution in [0.25, 0.3) is 10.2 Å². The standard InChI is InChI=1S/C27H30FN3O8S3/c1-4-38-23(34)12-31-18-9-7-16(28)11-20(18)41-27(31)30-22(33)14-42(36,37)13-21(32)29-25-24(26(35)39-5-2)17-8-6-15(3)10-19(17)40-25/h7,9,11,15H,4-6,8,10,12-14H2,1-3H3,(H,29,32). The van der Waals surface area contributed by atoms with E-state index in [1.54, 1.807) is 13.8 Å². The molecule has 0 saturated heterocycles. The highest BCUT2D eigenvalue weighted by molar-refractivity contribution is 7.92. The molecule has 226 valence electrons. The summed E-state index contributed by atoms with van der Waals surface area (Å²) in [6.45, 7) is 5.32. The Morgan fingerprint density at radius 2 is 1.86 bits per heavy atom. The van der Waals surface area contributed by atoms with Crippen LogP contribution in [0.3, 0.4) is 0 Å². The van der Waals surface area contributed by atoms with E-state index in [1.807, 2.05) is 0 Å². The van der Waals surface area contributed by atoms with Crippen molar-refractivity contribution in [1.29, 1.82) is 0 Å². The smallest absolute Gasteiger partial charge is 0.341 e. The molecule has 0 aliphatic heterocycles. The summed E-state index contributed by atoms with van der Waals surface area (Å²) >= 11 is 2.12. The van der Waals surface area contributed by atoms with E-state index >= 15 is 0 Å². The first-order valence-corrected chi connectivity index (χ1v) is 16.7. The zero-order valence-electron chi connectivity index (χ0n) is 23.2. The summed E-state index contributed by atoms with van der Waals surface area (Å²) in [7, 11) is -4.28. The molecule has 1 aromatic carbocycles. The molecule has 4 rings (SSSR count). The van der Waals surface area contributed by atoms with Gasteiger partial charge in [0, 0.05) is 4.88 Å².